The van der Waals surface area contributed by atoms with Gasteiger partial charge >= 0.3 is 0 Å². The van der Waals surface area contributed by atoms with Crippen LogP contribution in [-0.2, 0) is 0 Å². The summed E-state index contributed by atoms with van der Waals surface area (Å²) in [6.07, 6.45) is 0. The topological polar surface area (TPSA) is 12.0 Å². The number of thioether (sulfide) groups is 1. The minimum atomic E-state index is -0.151. The maximum atomic E-state index is 13.7. The Bertz CT molecular complexity index is 499. The number of nitrogens with one attached hydrogen (secondary N) is 1. The van der Waals surface area contributed by atoms with Crippen LogP contribution in [0.25, 0.3) is 0 Å². The lowest BCUT2D eigenvalue weighted by molar-refractivity contribution is 0.621. The van der Waals surface area contributed by atoms with Gasteiger partial charge in [-0.25, -0.2) is 4.39 Å². The highest BCUT2D eigenvalue weighted by atomic mass is 32.2. The van der Waals surface area contributed by atoms with Crippen LogP contribution in [0, 0.1) is 12.7 Å². The van der Waals surface area contributed by atoms with Crippen molar-refractivity contribution in [3.63, 3.8) is 0 Å². The Morgan fingerprint density at radius 2 is 1.83 bits per heavy atom. The van der Waals surface area contributed by atoms with Gasteiger partial charge in [0.25, 0.3) is 0 Å². The molecule has 1 nitrogen and oxygen atoms in total. The molecular weight excluding hydrogens is 245 g/mol. The number of hydrogen-bond acceptors (Lipinski definition) is 2. The standard InChI is InChI=1S/C15H16FNS/c1-12-6-5-9-14(15(12)16)17-10-11-18-13-7-3-2-4-8-13/h2-9,17H,10-11H2,1H3. The molecule has 2 rings (SSSR count). The van der Waals surface area contributed by atoms with E-state index in [0.717, 1.165) is 12.3 Å². The van der Waals surface area contributed by atoms with Crippen molar-refractivity contribution in [1.82, 2.24) is 0 Å². The van der Waals surface area contributed by atoms with E-state index in [2.05, 4.69) is 17.4 Å². The van der Waals surface area contributed by atoms with E-state index in [1.165, 1.54) is 4.90 Å². The van der Waals surface area contributed by atoms with Crippen molar-refractivity contribution < 1.29 is 4.39 Å². The first kappa shape index (κ1) is 13.0. The molecule has 0 heterocycles. The van der Waals surface area contributed by atoms with Gasteiger partial charge < -0.3 is 5.32 Å². The van der Waals surface area contributed by atoms with E-state index in [-0.39, 0.29) is 5.82 Å². The van der Waals surface area contributed by atoms with E-state index >= 15 is 0 Å². The first-order valence-electron chi connectivity index (χ1n) is 5.94. The predicted molar refractivity (Wildman–Crippen MR) is 76.8 cm³/mol. The fourth-order valence-corrected chi connectivity index (χ4v) is 2.44. The van der Waals surface area contributed by atoms with Gasteiger partial charge in [0, 0.05) is 17.2 Å². The molecule has 0 amide bonds. The zero-order chi connectivity index (χ0) is 12.8. The second-order valence-electron chi connectivity index (χ2n) is 4.02. The summed E-state index contributed by atoms with van der Waals surface area (Å²) in [5, 5.41) is 3.13. The van der Waals surface area contributed by atoms with Gasteiger partial charge in [-0.05, 0) is 30.7 Å². The normalized spacial score (nSPS) is 10.3. The molecular formula is C15H16FNS. The van der Waals surface area contributed by atoms with E-state index in [0.29, 0.717) is 11.3 Å². The van der Waals surface area contributed by atoms with Gasteiger partial charge in [0.1, 0.15) is 5.82 Å². The molecule has 18 heavy (non-hydrogen) atoms. The number of benzene rings is 2. The van der Waals surface area contributed by atoms with E-state index in [9.17, 15) is 4.39 Å². The van der Waals surface area contributed by atoms with Gasteiger partial charge in [-0.3, -0.25) is 0 Å². The summed E-state index contributed by atoms with van der Waals surface area (Å²) < 4.78 is 13.7. The van der Waals surface area contributed by atoms with Crippen LogP contribution in [0.1, 0.15) is 5.56 Å². The Hall–Kier alpha value is -1.48. The lowest BCUT2D eigenvalue weighted by Crippen LogP contribution is -2.06. The van der Waals surface area contributed by atoms with Crippen LogP contribution < -0.4 is 5.32 Å². The van der Waals surface area contributed by atoms with Gasteiger partial charge in [0.2, 0.25) is 0 Å². The monoisotopic (exact) mass is 261 g/mol. The van der Waals surface area contributed by atoms with E-state index in [1.807, 2.05) is 24.3 Å². The highest BCUT2D eigenvalue weighted by molar-refractivity contribution is 7.99. The second-order valence-corrected chi connectivity index (χ2v) is 5.19. The molecule has 0 bridgehead atoms. The molecule has 3 heteroatoms. The van der Waals surface area contributed by atoms with Gasteiger partial charge in [0.05, 0.1) is 5.69 Å². The Morgan fingerprint density at radius 3 is 2.61 bits per heavy atom. The van der Waals surface area contributed by atoms with Crippen molar-refractivity contribution in [1.29, 1.82) is 0 Å². The van der Waals surface area contributed by atoms with Crippen molar-refractivity contribution >= 4 is 17.4 Å². The lowest BCUT2D eigenvalue weighted by Gasteiger charge is -2.08. The molecule has 2 aromatic rings. The van der Waals surface area contributed by atoms with Crippen LogP contribution in [0.4, 0.5) is 10.1 Å². The summed E-state index contributed by atoms with van der Waals surface area (Å²) in [4.78, 5) is 1.24. The zero-order valence-corrected chi connectivity index (χ0v) is 11.1. The zero-order valence-electron chi connectivity index (χ0n) is 10.3. The fraction of sp³-hybridized carbons (Fsp3) is 0.200. The van der Waals surface area contributed by atoms with Crippen LogP contribution in [0.2, 0.25) is 0 Å². The first-order chi connectivity index (χ1) is 8.77. The van der Waals surface area contributed by atoms with Crippen molar-refractivity contribution in [2.45, 2.75) is 11.8 Å². The van der Waals surface area contributed by atoms with Gasteiger partial charge in [-0.15, -0.1) is 11.8 Å². The molecule has 0 aliphatic rings. The summed E-state index contributed by atoms with van der Waals surface area (Å²) in [5.74, 6) is 0.763. The molecule has 0 unspecified atom stereocenters. The van der Waals surface area contributed by atoms with E-state index in [1.54, 1.807) is 30.8 Å². The highest BCUT2D eigenvalue weighted by Crippen LogP contribution is 2.19. The average molecular weight is 261 g/mol. The van der Waals surface area contributed by atoms with E-state index in [4.69, 9.17) is 0 Å². The highest BCUT2D eigenvalue weighted by Gasteiger charge is 2.03. The Morgan fingerprint density at radius 1 is 1.06 bits per heavy atom. The molecule has 0 atom stereocenters. The van der Waals surface area contributed by atoms with Crippen molar-refractivity contribution in [2.75, 3.05) is 17.6 Å². The Kier molecular flexibility index (Phi) is 4.65. The van der Waals surface area contributed by atoms with Crippen molar-refractivity contribution in [3.05, 3.63) is 59.9 Å². The first-order valence-corrected chi connectivity index (χ1v) is 6.93. The number of halogens is 1. The minimum Gasteiger partial charge on any atom is -0.382 e. The third kappa shape index (κ3) is 3.50. The number of rotatable bonds is 5. The molecule has 0 fully saturated rings. The van der Waals surface area contributed by atoms with Crippen LogP contribution in [-0.4, -0.2) is 12.3 Å². The van der Waals surface area contributed by atoms with Crippen LogP contribution in [0.5, 0.6) is 0 Å². The summed E-state index contributed by atoms with van der Waals surface area (Å²) in [7, 11) is 0. The van der Waals surface area contributed by atoms with Crippen LogP contribution >= 0.6 is 11.8 Å². The molecule has 0 saturated heterocycles. The number of anilines is 1. The van der Waals surface area contributed by atoms with Gasteiger partial charge in [-0.2, -0.15) is 0 Å². The number of hydrogen-bond donors (Lipinski definition) is 1. The molecule has 94 valence electrons. The molecule has 0 saturated carbocycles. The maximum absolute atomic E-state index is 13.7. The molecule has 0 spiro atoms. The summed E-state index contributed by atoms with van der Waals surface area (Å²) in [6, 6.07) is 15.6. The lowest BCUT2D eigenvalue weighted by atomic mass is 10.2. The molecule has 0 aliphatic heterocycles. The second kappa shape index (κ2) is 6.45. The Labute approximate surface area is 111 Å². The summed E-state index contributed by atoms with van der Waals surface area (Å²) in [6.45, 7) is 2.53. The number of aryl methyl sites for hydroxylation is 1. The molecule has 0 radical (unpaired) electrons. The smallest absolute Gasteiger partial charge is 0.149 e. The van der Waals surface area contributed by atoms with Gasteiger partial charge in [0.15, 0.2) is 0 Å². The molecule has 1 N–H and O–H groups in total. The minimum absolute atomic E-state index is 0.151. The average Bonchev–Trinajstić information content (AvgIpc) is 2.40. The SMILES string of the molecule is Cc1cccc(NCCSc2ccccc2)c1F. The van der Waals surface area contributed by atoms with Gasteiger partial charge in [-0.1, -0.05) is 30.3 Å². The molecule has 0 aromatic heterocycles. The molecule has 0 aliphatic carbocycles. The molecule has 2 aromatic carbocycles. The van der Waals surface area contributed by atoms with Crippen LogP contribution in [0.3, 0.4) is 0 Å². The van der Waals surface area contributed by atoms with Crippen LogP contribution in [0.15, 0.2) is 53.4 Å². The van der Waals surface area contributed by atoms with Crippen molar-refractivity contribution in [2.24, 2.45) is 0 Å². The maximum Gasteiger partial charge on any atom is 0.149 e. The Balaban J connectivity index is 1.81. The fourth-order valence-electron chi connectivity index (χ4n) is 1.66. The third-order valence-electron chi connectivity index (χ3n) is 2.62. The summed E-state index contributed by atoms with van der Waals surface area (Å²) in [5.41, 5.74) is 1.26. The third-order valence-corrected chi connectivity index (χ3v) is 3.63. The summed E-state index contributed by atoms with van der Waals surface area (Å²) >= 11 is 1.76. The van der Waals surface area contributed by atoms with Crippen molar-refractivity contribution in [3.8, 4) is 0 Å². The largest absolute Gasteiger partial charge is 0.382 e. The quantitative estimate of drug-likeness (QED) is 0.635. The predicted octanol–water partition coefficient (Wildman–Crippen LogP) is 4.34. The van der Waals surface area contributed by atoms with E-state index < -0.39 is 0 Å².